The Morgan fingerprint density at radius 3 is 2.17 bits per heavy atom. The van der Waals surface area contributed by atoms with Crippen molar-refractivity contribution >= 4 is 57.9 Å². The molecule has 0 fully saturated rings. The summed E-state index contributed by atoms with van der Waals surface area (Å²) in [5, 5.41) is 0.255. The first-order valence-corrected chi connectivity index (χ1v) is 7.85. The van der Waals surface area contributed by atoms with E-state index >= 15 is 0 Å². The lowest BCUT2D eigenvalue weighted by Gasteiger charge is -2.17. The lowest BCUT2D eigenvalue weighted by molar-refractivity contribution is -0.119. The molecule has 0 aliphatic carbocycles. The molecule has 0 radical (unpaired) electrons. The Labute approximate surface area is 148 Å². The molecule has 0 aromatic heterocycles. The third kappa shape index (κ3) is 2.65. The Bertz CT molecular complexity index is 857. The summed E-state index contributed by atoms with van der Waals surface area (Å²) in [7, 11) is 0. The SMILES string of the molecule is Cc1ccc(C2=C(Cl)C(=O)N(c3cccc(Cl)c3Cl)C2=O)cc1. The van der Waals surface area contributed by atoms with Gasteiger partial charge in [-0.25, -0.2) is 4.90 Å². The summed E-state index contributed by atoms with van der Waals surface area (Å²) >= 11 is 18.2. The Hall–Kier alpha value is -1.81. The van der Waals surface area contributed by atoms with Gasteiger partial charge in [-0.2, -0.15) is 0 Å². The number of imide groups is 1. The number of carbonyl (C=O) groups excluding carboxylic acids is 2. The van der Waals surface area contributed by atoms with E-state index in [0.29, 0.717) is 5.56 Å². The minimum atomic E-state index is -0.614. The summed E-state index contributed by atoms with van der Waals surface area (Å²) in [6.07, 6.45) is 0. The van der Waals surface area contributed by atoms with E-state index in [4.69, 9.17) is 34.8 Å². The topological polar surface area (TPSA) is 37.4 Å². The van der Waals surface area contributed by atoms with E-state index in [0.717, 1.165) is 10.5 Å². The molecule has 116 valence electrons. The Morgan fingerprint density at radius 2 is 1.52 bits per heavy atom. The molecule has 2 aromatic rings. The molecule has 0 unspecified atom stereocenters. The number of carbonyl (C=O) groups is 2. The largest absolute Gasteiger partial charge is 0.277 e. The number of nitrogens with zero attached hydrogens (tertiary/aromatic N) is 1. The van der Waals surface area contributed by atoms with Gasteiger partial charge in [0.2, 0.25) is 0 Å². The van der Waals surface area contributed by atoms with Gasteiger partial charge in [0.25, 0.3) is 11.8 Å². The zero-order valence-electron chi connectivity index (χ0n) is 11.9. The molecular weight excluding hydrogens is 357 g/mol. The van der Waals surface area contributed by atoms with Gasteiger partial charge in [-0.05, 0) is 24.6 Å². The first kappa shape index (κ1) is 16.1. The van der Waals surface area contributed by atoms with Crippen LogP contribution in [-0.4, -0.2) is 11.8 Å². The zero-order chi connectivity index (χ0) is 16.7. The van der Waals surface area contributed by atoms with Crippen LogP contribution in [-0.2, 0) is 9.59 Å². The van der Waals surface area contributed by atoms with E-state index in [-0.39, 0.29) is 26.3 Å². The number of hydrogen-bond donors (Lipinski definition) is 0. The minimum absolute atomic E-state index is 0.130. The number of anilines is 1. The maximum Gasteiger partial charge on any atom is 0.277 e. The molecule has 0 bridgehead atoms. The van der Waals surface area contributed by atoms with Gasteiger partial charge in [-0.15, -0.1) is 0 Å². The number of amides is 2. The van der Waals surface area contributed by atoms with Crippen LogP contribution in [0.2, 0.25) is 10.0 Å². The molecule has 0 N–H and O–H groups in total. The van der Waals surface area contributed by atoms with Crippen LogP contribution >= 0.6 is 34.8 Å². The van der Waals surface area contributed by atoms with E-state index in [2.05, 4.69) is 0 Å². The van der Waals surface area contributed by atoms with Gasteiger partial charge >= 0.3 is 0 Å². The number of benzene rings is 2. The molecule has 1 aliphatic heterocycles. The first-order chi connectivity index (χ1) is 10.9. The fourth-order valence-electron chi connectivity index (χ4n) is 2.36. The van der Waals surface area contributed by atoms with Gasteiger partial charge in [-0.1, -0.05) is 70.7 Å². The second-order valence-corrected chi connectivity index (χ2v) is 6.24. The van der Waals surface area contributed by atoms with Crippen molar-refractivity contribution in [3.8, 4) is 0 Å². The third-order valence-electron chi connectivity index (χ3n) is 3.54. The number of aryl methyl sites for hydroxylation is 1. The van der Waals surface area contributed by atoms with Crippen molar-refractivity contribution in [2.45, 2.75) is 6.92 Å². The van der Waals surface area contributed by atoms with Crippen LogP contribution < -0.4 is 4.90 Å². The summed E-state index contributed by atoms with van der Waals surface area (Å²) in [4.78, 5) is 26.1. The number of halogens is 3. The van der Waals surface area contributed by atoms with Gasteiger partial charge in [0.1, 0.15) is 5.03 Å². The molecular formula is C17H10Cl3NO2. The molecule has 0 atom stereocenters. The van der Waals surface area contributed by atoms with Gasteiger partial charge in [0.05, 0.1) is 21.3 Å². The fourth-order valence-corrected chi connectivity index (χ4v) is 3.01. The molecule has 0 saturated carbocycles. The van der Waals surface area contributed by atoms with Crippen molar-refractivity contribution in [2.24, 2.45) is 0 Å². The highest BCUT2D eigenvalue weighted by atomic mass is 35.5. The van der Waals surface area contributed by atoms with Crippen LogP contribution in [0.5, 0.6) is 0 Å². The van der Waals surface area contributed by atoms with Crippen molar-refractivity contribution in [3.05, 3.63) is 68.7 Å². The highest BCUT2D eigenvalue weighted by Gasteiger charge is 2.40. The molecule has 2 aromatic carbocycles. The van der Waals surface area contributed by atoms with Gasteiger partial charge in [0, 0.05) is 0 Å². The summed E-state index contributed by atoms with van der Waals surface area (Å²) < 4.78 is 0. The molecule has 0 saturated heterocycles. The highest BCUT2D eigenvalue weighted by Crippen LogP contribution is 2.39. The molecule has 3 nitrogen and oxygen atoms in total. The normalized spacial score (nSPS) is 14.9. The van der Waals surface area contributed by atoms with Crippen LogP contribution in [0.1, 0.15) is 11.1 Å². The molecule has 23 heavy (non-hydrogen) atoms. The second-order valence-electron chi connectivity index (χ2n) is 5.07. The van der Waals surface area contributed by atoms with Gasteiger partial charge < -0.3 is 0 Å². The average Bonchev–Trinajstić information content (AvgIpc) is 2.74. The van der Waals surface area contributed by atoms with Crippen molar-refractivity contribution in [1.82, 2.24) is 0 Å². The average molecular weight is 367 g/mol. The van der Waals surface area contributed by atoms with Crippen molar-refractivity contribution < 1.29 is 9.59 Å². The number of rotatable bonds is 2. The third-order valence-corrected chi connectivity index (χ3v) is 4.70. The molecule has 2 amide bonds. The van der Waals surface area contributed by atoms with E-state index in [1.54, 1.807) is 30.3 Å². The highest BCUT2D eigenvalue weighted by molar-refractivity contribution is 6.61. The Kier molecular flexibility index (Phi) is 4.19. The maximum absolute atomic E-state index is 12.7. The minimum Gasteiger partial charge on any atom is -0.268 e. The molecule has 1 heterocycles. The Morgan fingerprint density at radius 1 is 0.870 bits per heavy atom. The predicted octanol–water partition coefficient (Wildman–Crippen LogP) is 4.83. The summed E-state index contributed by atoms with van der Waals surface area (Å²) in [6, 6.07) is 11.9. The fraction of sp³-hybridized carbons (Fsp3) is 0.0588. The summed E-state index contributed by atoms with van der Waals surface area (Å²) in [5.41, 5.74) is 2.00. The van der Waals surface area contributed by atoms with Gasteiger partial charge in [-0.3, -0.25) is 9.59 Å². The van der Waals surface area contributed by atoms with Crippen molar-refractivity contribution in [2.75, 3.05) is 4.90 Å². The van der Waals surface area contributed by atoms with E-state index in [1.165, 1.54) is 0 Å². The first-order valence-electron chi connectivity index (χ1n) is 6.71. The summed E-state index contributed by atoms with van der Waals surface area (Å²) in [5.74, 6) is -1.13. The van der Waals surface area contributed by atoms with Crippen LogP contribution in [0.4, 0.5) is 5.69 Å². The lowest BCUT2D eigenvalue weighted by atomic mass is 10.0. The van der Waals surface area contributed by atoms with Crippen molar-refractivity contribution in [3.63, 3.8) is 0 Å². The Balaban J connectivity index is 2.09. The number of hydrogen-bond acceptors (Lipinski definition) is 2. The zero-order valence-corrected chi connectivity index (χ0v) is 14.2. The van der Waals surface area contributed by atoms with Crippen molar-refractivity contribution in [1.29, 1.82) is 0 Å². The smallest absolute Gasteiger partial charge is 0.268 e. The maximum atomic E-state index is 12.7. The van der Waals surface area contributed by atoms with E-state index < -0.39 is 11.8 Å². The van der Waals surface area contributed by atoms with Crippen LogP contribution in [0.25, 0.3) is 5.57 Å². The van der Waals surface area contributed by atoms with Gasteiger partial charge in [0.15, 0.2) is 0 Å². The standard InChI is InChI=1S/C17H10Cl3NO2/c1-9-5-7-10(8-6-9)13-15(20)17(23)21(16(13)22)12-4-2-3-11(18)14(12)19/h2-8H,1H3. The van der Waals surface area contributed by atoms with Crippen LogP contribution in [0, 0.1) is 6.92 Å². The second kappa shape index (κ2) is 6.00. The predicted molar refractivity (Wildman–Crippen MR) is 92.9 cm³/mol. The molecule has 6 heteroatoms. The summed E-state index contributed by atoms with van der Waals surface area (Å²) in [6.45, 7) is 1.93. The van der Waals surface area contributed by atoms with E-state index in [1.807, 2.05) is 19.1 Å². The lowest BCUT2D eigenvalue weighted by Crippen LogP contribution is -2.31. The molecule has 1 aliphatic rings. The molecule has 0 spiro atoms. The quantitative estimate of drug-likeness (QED) is 0.714. The van der Waals surface area contributed by atoms with Crippen LogP contribution in [0.15, 0.2) is 47.5 Å². The monoisotopic (exact) mass is 365 g/mol. The van der Waals surface area contributed by atoms with Crippen LogP contribution in [0.3, 0.4) is 0 Å². The van der Waals surface area contributed by atoms with E-state index in [9.17, 15) is 9.59 Å². The molecule has 3 rings (SSSR count).